The molecule has 0 saturated carbocycles. The topological polar surface area (TPSA) is 46.6 Å². The van der Waals surface area contributed by atoms with Crippen molar-refractivity contribution in [1.82, 2.24) is 0 Å². The largest absolute Gasteiger partial charge is 0.492 e. The Balaban J connectivity index is 1.97. The van der Waals surface area contributed by atoms with Crippen molar-refractivity contribution >= 4 is 46.3 Å². The lowest BCUT2D eigenvalue weighted by Gasteiger charge is -2.16. The molecular weight excluding hydrogens is 346 g/mol. The Bertz CT molecular complexity index is 835. The second-order valence-electron chi connectivity index (χ2n) is 4.94. The number of hydrogen-bond acceptors (Lipinski definition) is 4. The summed E-state index contributed by atoms with van der Waals surface area (Å²) in [4.78, 5) is 26.5. The van der Waals surface area contributed by atoms with Gasteiger partial charge in [-0.15, -0.1) is 0 Å². The van der Waals surface area contributed by atoms with E-state index in [4.69, 9.17) is 16.3 Å². The molecule has 3 rings (SSSR count). The first kappa shape index (κ1) is 16.6. The number of carbonyl (C=O) groups is 2. The van der Waals surface area contributed by atoms with Gasteiger partial charge in [0.15, 0.2) is 0 Å². The van der Waals surface area contributed by atoms with E-state index in [0.717, 1.165) is 16.7 Å². The average molecular weight is 360 g/mol. The zero-order valence-electron chi connectivity index (χ0n) is 12.9. The highest BCUT2D eigenvalue weighted by molar-refractivity contribution is 8.19. The first-order chi connectivity index (χ1) is 11.6. The fourth-order valence-electron chi connectivity index (χ4n) is 2.33. The summed E-state index contributed by atoms with van der Waals surface area (Å²) in [6.45, 7) is 2.30. The number of halogens is 1. The fraction of sp³-hybridized carbons (Fsp3) is 0.111. The number of hydrogen-bond donors (Lipinski definition) is 0. The second kappa shape index (κ2) is 7.11. The van der Waals surface area contributed by atoms with Crippen LogP contribution < -0.4 is 9.64 Å². The number of para-hydroxylation sites is 2. The molecule has 0 spiro atoms. The van der Waals surface area contributed by atoms with E-state index in [1.807, 2.05) is 19.1 Å². The molecule has 1 fully saturated rings. The van der Waals surface area contributed by atoms with Crippen LogP contribution >= 0.6 is 23.4 Å². The molecule has 24 heavy (non-hydrogen) atoms. The number of anilines is 1. The zero-order chi connectivity index (χ0) is 17.1. The van der Waals surface area contributed by atoms with Crippen molar-refractivity contribution in [2.24, 2.45) is 0 Å². The molecule has 0 aliphatic carbocycles. The van der Waals surface area contributed by atoms with Crippen LogP contribution in [0.15, 0.2) is 53.4 Å². The number of thioether (sulfide) groups is 1. The standard InChI is InChI=1S/C18H14ClNO3S/c1-2-23-15-10-6-5-9-14(15)20-17(21)16(24-18(20)22)11-12-7-3-4-8-13(12)19/h3-11H,2H2,1H3/b16-11-. The predicted octanol–water partition coefficient (Wildman–Crippen LogP) is 4.98. The lowest BCUT2D eigenvalue weighted by molar-refractivity contribution is -0.113. The minimum Gasteiger partial charge on any atom is -0.492 e. The highest BCUT2D eigenvalue weighted by atomic mass is 35.5. The van der Waals surface area contributed by atoms with E-state index in [-0.39, 0.29) is 11.1 Å². The number of benzene rings is 2. The van der Waals surface area contributed by atoms with Crippen LogP contribution in [0.2, 0.25) is 5.02 Å². The van der Waals surface area contributed by atoms with Crippen LogP contribution in [0.5, 0.6) is 5.75 Å². The molecule has 122 valence electrons. The van der Waals surface area contributed by atoms with E-state index in [1.54, 1.807) is 42.5 Å². The van der Waals surface area contributed by atoms with Crippen LogP contribution in [0.25, 0.3) is 6.08 Å². The minimum absolute atomic E-state index is 0.333. The Morgan fingerprint density at radius 1 is 1.12 bits per heavy atom. The summed E-state index contributed by atoms with van der Waals surface area (Å²) in [6, 6.07) is 14.2. The number of imide groups is 1. The molecule has 1 heterocycles. The van der Waals surface area contributed by atoms with Gasteiger partial charge in [0.2, 0.25) is 0 Å². The van der Waals surface area contributed by atoms with Gasteiger partial charge < -0.3 is 4.74 Å². The Hall–Kier alpha value is -2.24. The van der Waals surface area contributed by atoms with Crippen molar-refractivity contribution in [3.05, 3.63) is 64.0 Å². The highest BCUT2D eigenvalue weighted by Crippen LogP contribution is 2.40. The predicted molar refractivity (Wildman–Crippen MR) is 97.5 cm³/mol. The van der Waals surface area contributed by atoms with Gasteiger partial charge in [0.05, 0.1) is 17.2 Å². The lowest BCUT2D eigenvalue weighted by Crippen LogP contribution is -2.28. The third kappa shape index (κ3) is 3.18. The van der Waals surface area contributed by atoms with Gasteiger partial charge in [-0.3, -0.25) is 9.59 Å². The average Bonchev–Trinajstić information content (AvgIpc) is 2.85. The molecule has 6 heteroatoms. The molecule has 2 aromatic carbocycles. The molecule has 4 nitrogen and oxygen atoms in total. The molecule has 2 amide bonds. The van der Waals surface area contributed by atoms with Gasteiger partial charge >= 0.3 is 0 Å². The van der Waals surface area contributed by atoms with Gasteiger partial charge in [-0.25, -0.2) is 4.90 Å². The number of nitrogens with zero attached hydrogens (tertiary/aromatic N) is 1. The van der Waals surface area contributed by atoms with E-state index in [2.05, 4.69) is 0 Å². The third-order valence-corrected chi connectivity index (χ3v) is 4.61. The van der Waals surface area contributed by atoms with Gasteiger partial charge in [-0.1, -0.05) is 41.9 Å². The molecule has 0 bridgehead atoms. The summed E-state index contributed by atoms with van der Waals surface area (Å²) in [5, 5.41) is 0.171. The normalized spacial score (nSPS) is 16.1. The molecule has 2 aromatic rings. The van der Waals surface area contributed by atoms with Crippen LogP contribution in [0, 0.1) is 0 Å². The van der Waals surface area contributed by atoms with Gasteiger partial charge in [0.1, 0.15) is 5.75 Å². The second-order valence-corrected chi connectivity index (χ2v) is 6.34. The quantitative estimate of drug-likeness (QED) is 0.722. The maximum Gasteiger partial charge on any atom is 0.298 e. The first-order valence-corrected chi connectivity index (χ1v) is 8.55. The molecule has 0 radical (unpaired) electrons. The lowest BCUT2D eigenvalue weighted by atomic mass is 10.2. The Kier molecular flexibility index (Phi) is 4.92. The summed E-state index contributed by atoms with van der Waals surface area (Å²) in [6.07, 6.45) is 1.64. The molecule has 0 N–H and O–H groups in total. The van der Waals surface area contributed by atoms with Crippen molar-refractivity contribution in [3.63, 3.8) is 0 Å². The monoisotopic (exact) mass is 359 g/mol. The minimum atomic E-state index is -0.378. The Morgan fingerprint density at radius 3 is 2.58 bits per heavy atom. The smallest absolute Gasteiger partial charge is 0.298 e. The summed E-state index contributed by atoms with van der Waals surface area (Å²) in [7, 11) is 0. The molecular formula is C18H14ClNO3S. The van der Waals surface area contributed by atoms with Crippen molar-refractivity contribution in [3.8, 4) is 5.75 Å². The number of rotatable bonds is 4. The number of ether oxygens (including phenoxy) is 1. The highest BCUT2D eigenvalue weighted by Gasteiger charge is 2.37. The van der Waals surface area contributed by atoms with E-state index in [9.17, 15) is 9.59 Å². The SMILES string of the molecule is CCOc1ccccc1N1C(=O)S/C(=C\c2ccccc2Cl)C1=O. The van der Waals surface area contributed by atoms with E-state index in [1.165, 1.54) is 0 Å². The molecule has 0 unspecified atom stereocenters. The fourth-order valence-corrected chi connectivity index (χ4v) is 3.34. The van der Waals surface area contributed by atoms with E-state index in [0.29, 0.717) is 33.5 Å². The molecule has 0 atom stereocenters. The summed E-state index contributed by atoms with van der Waals surface area (Å²) < 4.78 is 5.52. The van der Waals surface area contributed by atoms with Crippen molar-refractivity contribution in [2.75, 3.05) is 11.5 Å². The molecule has 0 aromatic heterocycles. The van der Waals surface area contributed by atoms with Crippen LogP contribution in [0.1, 0.15) is 12.5 Å². The van der Waals surface area contributed by atoms with Gasteiger partial charge in [-0.05, 0) is 48.5 Å². The zero-order valence-corrected chi connectivity index (χ0v) is 14.4. The van der Waals surface area contributed by atoms with Gasteiger partial charge in [0, 0.05) is 5.02 Å². The van der Waals surface area contributed by atoms with E-state index >= 15 is 0 Å². The van der Waals surface area contributed by atoms with Crippen LogP contribution in [0.3, 0.4) is 0 Å². The molecule has 1 aliphatic rings. The number of carbonyl (C=O) groups excluding carboxylic acids is 2. The Morgan fingerprint density at radius 2 is 1.83 bits per heavy atom. The third-order valence-electron chi connectivity index (χ3n) is 3.39. The summed E-state index contributed by atoms with van der Waals surface area (Å²) in [5.74, 6) is 0.123. The maximum absolute atomic E-state index is 12.7. The van der Waals surface area contributed by atoms with E-state index < -0.39 is 0 Å². The van der Waals surface area contributed by atoms with Crippen LogP contribution in [0.4, 0.5) is 10.5 Å². The number of amides is 2. The first-order valence-electron chi connectivity index (χ1n) is 7.36. The summed E-state index contributed by atoms with van der Waals surface area (Å²) >= 11 is 7.01. The Labute approximate surface area is 149 Å². The summed E-state index contributed by atoms with van der Waals surface area (Å²) in [5.41, 5.74) is 1.15. The van der Waals surface area contributed by atoms with Crippen molar-refractivity contribution < 1.29 is 14.3 Å². The van der Waals surface area contributed by atoms with Crippen LogP contribution in [-0.2, 0) is 4.79 Å². The molecule has 1 saturated heterocycles. The van der Waals surface area contributed by atoms with Crippen molar-refractivity contribution in [1.29, 1.82) is 0 Å². The molecule has 1 aliphatic heterocycles. The van der Waals surface area contributed by atoms with Crippen LogP contribution in [-0.4, -0.2) is 17.8 Å². The van der Waals surface area contributed by atoms with Crippen molar-refractivity contribution in [2.45, 2.75) is 6.92 Å². The van der Waals surface area contributed by atoms with Gasteiger partial charge in [-0.2, -0.15) is 0 Å². The maximum atomic E-state index is 12.7. The van der Waals surface area contributed by atoms with Gasteiger partial charge in [0.25, 0.3) is 11.1 Å².